The summed E-state index contributed by atoms with van der Waals surface area (Å²) in [5, 5.41) is 13.7. The molecule has 0 spiro atoms. The maximum absolute atomic E-state index is 13.3. The van der Waals surface area contributed by atoms with Crippen molar-refractivity contribution in [1.82, 2.24) is 0 Å². The van der Waals surface area contributed by atoms with Crippen LogP contribution in [0.5, 0.6) is 0 Å². The van der Waals surface area contributed by atoms with Crippen LogP contribution in [0.15, 0.2) is 30.3 Å². The highest BCUT2D eigenvalue weighted by atomic mass is 127. The molecule has 0 aliphatic heterocycles. The van der Waals surface area contributed by atoms with E-state index in [0.29, 0.717) is 8.59 Å². The molecule has 0 radical (unpaired) electrons. The monoisotopic (exact) mass is 454 g/mol. The van der Waals surface area contributed by atoms with Crippen LogP contribution in [-0.2, 0) is 0 Å². The normalized spacial score (nSPS) is 10.4. The van der Waals surface area contributed by atoms with Gasteiger partial charge < -0.3 is 5.32 Å². The predicted molar refractivity (Wildman–Crippen MR) is 90.2 cm³/mol. The van der Waals surface area contributed by atoms with Gasteiger partial charge in [0.25, 0.3) is 5.91 Å². The van der Waals surface area contributed by atoms with Crippen LogP contribution >= 0.6 is 45.8 Å². The van der Waals surface area contributed by atoms with E-state index in [-0.39, 0.29) is 16.3 Å². The third-order valence-corrected chi connectivity index (χ3v) is 4.64. The molecule has 5 nitrogen and oxygen atoms in total. The Morgan fingerprint density at radius 3 is 2.59 bits per heavy atom. The lowest BCUT2D eigenvalue weighted by Gasteiger charge is -2.09. The van der Waals surface area contributed by atoms with Gasteiger partial charge in [-0.1, -0.05) is 23.2 Å². The molecule has 0 atom stereocenters. The van der Waals surface area contributed by atoms with Gasteiger partial charge in [-0.15, -0.1) is 0 Å². The fourth-order valence-corrected chi connectivity index (χ4v) is 2.70. The second kappa shape index (κ2) is 6.76. The SMILES string of the molecule is O=C(Nc1ccc(F)c([N+](=O)[O-])c1)c1cc(Cl)cc(Cl)c1I. The molecule has 0 fully saturated rings. The van der Waals surface area contributed by atoms with Crippen LogP contribution < -0.4 is 5.32 Å². The topological polar surface area (TPSA) is 72.2 Å². The Hall–Kier alpha value is -1.45. The number of hydrogen-bond acceptors (Lipinski definition) is 3. The molecule has 9 heteroatoms. The van der Waals surface area contributed by atoms with E-state index >= 15 is 0 Å². The summed E-state index contributed by atoms with van der Waals surface area (Å²) in [5.74, 6) is -1.54. The molecule has 0 saturated carbocycles. The lowest BCUT2D eigenvalue weighted by molar-refractivity contribution is -0.387. The van der Waals surface area contributed by atoms with Crippen molar-refractivity contribution >= 4 is 63.1 Å². The largest absolute Gasteiger partial charge is 0.322 e. The molecule has 0 bridgehead atoms. The Kier molecular flexibility index (Phi) is 5.20. The van der Waals surface area contributed by atoms with Gasteiger partial charge in [-0.3, -0.25) is 14.9 Å². The fraction of sp³-hybridized carbons (Fsp3) is 0. The van der Waals surface area contributed by atoms with E-state index in [2.05, 4.69) is 5.32 Å². The molecule has 1 N–H and O–H groups in total. The highest BCUT2D eigenvalue weighted by Crippen LogP contribution is 2.28. The van der Waals surface area contributed by atoms with Gasteiger partial charge >= 0.3 is 5.69 Å². The Morgan fingerprint density at radius 1 is 1.27 bits per heavy atom. The summed E-state index contributed by atoms with van der Waals surface area (Å²) in [5.41, 5.74) is -0.424. The van der Waals surface area contributed by atoms with Gasteiger partial charge in [-0.2, -0.15) is 4.39 Å². The first-order valence-corrected chi connectivity index (χ1v) is 7.53. The van der Waals surface area contributed by atoms with Gasteiger partial charge in [0, 0.05) is 20.3 Å². The molecule has 0 heterocycles. The smallest absolute Gasteiger partial charge is 0.306 e. The van der Waals surface area contributed by atoms with Crippen LogP contribution in [-0.4, -0.2) is 10.8 Å². The van der Waals surface area contributed by atoms with Crippen molar-refractivity contribution < 1.29 is 14.1 Å². The molecule has 2 aromatic rings. The lowest BCUT2D eigenvalue weighted by atomic mass is 10.2. The van der Waals surface area contributed by atoms with Crippen molar-refractivity contribution in [2.75, 3.05) is 5.32 Å². The fourth-order valence-electron chi connectivity index (χ4n) is 1.65. The summed E-state index contributed by atoms with van der Waals surface area (Å²) in [4.78, 5) is 22.0. The van der Waals surface area contributed by atoms with E-state index in [0.717, 1.165) is 12.1 Å². The van der Waals surface area contributed by atoms with Crippen LogP contribution in [0.3, 0.4) is 0 Å². The number of amides is 1. The van der Waals surface area contributed by atoms with Gasteiger partial charge in [0.2, 0.25) is 5.82 Å². The van der Waals surface area contributed by atoms with Crippen LogP contribution in [0.1, 0.15) is 10.4 Å². The number of benzene rings is 2. The molecule has 1 amide bonds. The van der Waals surface area contributed by atoms with E-state index in [1.54, 1.807) is 0 Å². The zero-order valence-electron chi connectivity index (χ0n) is 10.6. The molecular weight excluding hydrogens is 449 g/mol. The Labute approximate surface area is 147 Å². The standard InChI is InChI=1S/C13H6Cl2FIN2O3/c14-6-3-8(12(17)9(15)4-6)13(20)18-7-1-2-10(16)11(5-7)19(21)22/h1-5H,(H,18,20). The second-order valence-electron chi connectivity index (χ2n) is 4.13. The number of rotatable bonds is 3. The predicted octanol–water partition coefficient (Wildman–Crippen LogP) is 4.90. The number of carbonyl (C=O) groups is 1. The number of carbonyl (C=O) groups excluding carboxylic acids is 1. The van der Waals surface area contributed by atoms with Crippen LogP contribution in [0.2, 0.25) is 10.0 Å². The molecule has 0 unspecified atom stereocenters. The van der Waals surface area contributed by atoms with Crippen LogP contribution in [0, 0.1) is 19.5 Å². The van der Waals surface area contributed by atoms with E-state index in [1.807, 2.05) is 22.6 Å². The highest BCUT2D eigenvalue weighted by molar-refractivity contribution is 14.1. The lowest BCUT2D eigenvalue weighted by Crippen LogP contribution is -2.14. The first-order valence-electron chi connectivity index (χ1n) is 5.69. The first-order chi connectivity index (χ1) is 10.3. The summed E-state index contributed by atoms with van der Waals surface area (Å²) < 4.78 is 13.7. The van der Waals surface area contributed by atoms with Gasteiger partial charge in [-0.05, 0) is 46.9 Å². The molecule has 0 aliphatic carbocycles. The quantitative estimate of drug-likeness (QED) is 0.310. The van der Waals surface area contributed by atoms with Gasteiger partial charge in [0.05, 0.1) is 15.5 Å². The molecule has 0 aliphatic rings. The van der Waals surface area contributed by atoms with Gasteiger partial charge in [0.15, 0.2) is 0 Å². The number of nitrogens with one attached hydrogen (secondary N) is 1. The number of nitrogens with zero attached hydrogens (tertiary/aromatic N) is 1. The summed E-state index contributed by atoms with van der Waals surface area (Å²) in [6.07, 6.45) is 0. The zero-order valence-corrected chi connectivity index (χ0v) is 14.2. The maximum atomic E-state index is 13.3. The Bertz CT molecular complexity index is 786. The first kappa shape index (κ1) is 16.9. The molecular formula is C13H6Cl2FIN2O3. The van der Waals surface area contributed by atoms with Crippen molar-refractivity contribution in [3.63, 3.8) is 0 Å². The second-order valence-corrected chi connectivity index (χ2v) is 6.05. The zero-order chi connectivity index (χ0) is 16.4. The molecule has 0 saturated heterocycles. The minimum absolute atomic E-state index is 0.0880. The van der Waals surface area contributed by atoms with Crippen molar-refractivity contribution in [3.05, 3.63) is 65.4 Å². The molecule has 0 aromatic heterocycles. The third-order valence-electron chi connectivity index (χ3n) is 2.64. The number of anilines is 1. The van der Waals surface area contributed by atoms with E-state index in [1.165, 1.54) is 18.2 Å². The maximum Gasteiger partial charge on any atom is 0.306 e. The Morgan fingerprint density at radius 2 is 1.95 bits per heavy atom. The Balaban J connectivity index is 2.34. The van der Waals surface area contributed by atoms with E-state index in [4.69, 9.17) is 23.2 Å². The van der Waals surface area contributed by atoms with Crippen LogP contribution in [0.4, 0.5) is 15.8 Å². The average molecular weight is 455 g/mol. The summed E-state index contributed by atoms with van der Waals surface area (Å²) >= 11 is 13.7. The summed E-state index contributed by atoms with van der Waals surface area (Å²) in [7, 11) is 0. The van der Waals surface area contributed by atoms with Crippen LogP contribution in [0.25, 0.3) is 0 Å². The number of nitro benzene ring substituents is 1. The minimum atomic E-state index is -0.983. The van der Waals surface area contributed by atoms with Crippen molar-refractivity contribution in [3.8, 4) is 0 Å². The summed E-state index contributed by atoms with van der Waals surface area (Å²) in [6.45, 7) is 0. The molecule has 22 heavy (non-hydrogen) atoms. The number of halogens is 4. The molecule has 2 rings (SSSR count). The van der Waals surface area contributed by atoms with Crippen molar-refractivity contribution in [1.29, 1.82) is 0 Å². The number of hydrogen-bond donors (Lipinski definition) is 1. The van der Waals surface area contributed by atoms with E-state index < -0.39 is 22.3 Å². The van der Waals surface area contributed by atoms with E-state index in [9.17, 15) is 19.3 Å². The highest BCUT2D eigenvalue weighted by Gasteiger charge is 2.18. The van der Waals surface area contributed by atoms with Gasteiger partial charge in [0.1, 0.15) is 0 Å². The summed E-state index contributed by atoms with van der Waals surface area (Å²) in [6, 6.07) is 5.97. The molecule has 2 aromatic carbocycles. The minimum Gasteiger partial charge on any atom is -0.322 e. The van der Waals surface area contributed by atoms with Crippen molar-refractivity contribution in [2.24, 2.45) is 0 Å². The third kappa shape index (κ3) is 3.65. The van der Waals surface area contributed by atoms with Gasteiger partial charge in [-0.25, -0.2) is 0 Å². The van der Waals surface area contributed by atoms with Crippen molar-refractivity contribution in [2.45, 2.75) is 0 Å². The molecule has 114 valence electrons. The number of nitro groups is 1. The average Bonchev–Trinajstić information content (AvgIpc) is 2.44.